The minimum Gasteiger partial charge on any atom is -0.497 e. The molecule has 0 aliphatic carbocycles. The molecule has 3 aromatic rings. The molecule has 6 heteroatoms. The number of hydrogen-bond acceptors (Lipinski definition) is 4. The summed E-state index contributed by atoms with van der Waals surface area (Å²) >= 11 is 0. The summed E-state index contributed by atoms with van der Waals surface area (Å²) in [6.45, 7) is 3.86. The summed E-state index contributed by atoms with van der Waals surface area (Å²) in [6.07, 6.45) is 4.88. The molecule has 1 aliphatic heterocycles. The van der Waals surface area contributed by atoms with E-state index in [1.54, 1.807) is 14.2 Å². The van der Waals surface area contributed by atoms with Gasteiger partial charge in [0, 0.05) is 54.2 Å². The van der Waals surface area contributed by atoms with Crippen molar-refractivity contribution in [2.45, 2.75) is 25.2 Å². The highest BCUT2D eigenvalue weighted by atomic mass is 16.5. The van der Waals surface area contributed by atoms with E-state index in [-0.39, 0.29) is 11.8 Å². The van der Waals surface area contributed by atoms with Gasteiger partial charge < -0.3 is 24.7 Å². The van der Waals surface area contributed by atoms with Gasteiger partial charge in [-0.2, -0.15) is 0 Å². The second kappa shape index (κ2) is 9.88. The number of aromatic nitrogens is 1. The summed E-state index contributed by atoms with van der Waals surface area (Å²) < 4.78 is 11.0. The number of methoxy groups -OCH3 is 2. The molecule has 31 heavy (non-hydrogen) atoms. The number of H-pyrrole nitrogens is 1. The maximum atomic E-state index is 12.9. The number of carbonyl (C=O) groups is 1. The lowest BCUT2D eigenvalue weighted by atomic mass is 9.87. The fourth-order valence-corrected chi connectivity index (χ4v) is 4.49. The van der Waals surface area contributed by atoms with E-state index in [1.807, 2.05) is 36.5 Å². The van der Waals surface area contributed by atoms with Gasteiger partial charge >= 0.3 is 0 Å². The van der Waals surface area contributed by atoms with Gasteiger partial charge in [0.25, 0.3) is 0 Å². The Morgan fingerprint density at radius 3 is 2.68 bits per heavy atom. The van der Waals surface area contributed by atoms with Crippen LogP contribution in [-0.4, -0.2) is 56.2 Å². The summed E-state index contributed by atoms with van der Waals surface area (Å²) in [5.41, 5.74) is 3.13. The highest BCUT2D eigenvalue weighted by Gasteiger charge is 2.25. The van der Waals surface area contributed by atoms with Crippen molar-refractivity contribution in [1.29, 1.82) is 0 Å². The zero-order valence-electron chi connectivity index (χ0n) is 18.3. The topological polar surface area (TPSA) is 66.6 Å². The van der Waals surface area contributed by atoms with E-state index in [4.69, 9.17) is 9.47 Å². The Kier molecular flexibility index (Phi) is 6.77. The molecule has 0 saturated carbocycles. The van der Waals surface area contributed by atoms with E-state index in [0.717, 1.165) is 53.2 Å². The third-order valence-corrected chi connectivity index (χ3v) is 6.15. The Morgan fingerprint density at radius 2 is 1.90 bits per heavy atom. The van der Waals surface area contributed by atoms with E-state index < -0.39 is 0 Å². The van der Waals surface area contributed by atoms with E-state index in [0.29, 0.717) is 13.0 Å². The lowest BCUT2D eigenvalue weighted by molar-refractivity contribution is -0.121. The van der Waals surface area contributed by atoms with Crippen LogP contribution < -0.4 is 14.8 Å². The predicted octanol–water partition coefficient (Wildman–Crippen LogP) is 3.92. The molecule has 2 N–H and O–H groups in total. The molecule has 1 amide bonds. The lowest BCUT2D eigenvalue weighted by Gasteiger charge is -2.21. The van der Waals surface area contributed by atoms with Crippen LogP contribution >= 0.6 is 0 Å². The van der Waals surface area contributed by atoms with Gasteiger partial charge in [-0.05, 0) is 43.6 Å². The number of hydrogen-bond donors (Lipinski definition) is 2. The van der Waals surface area contributed by atoms with Crippen molar-refractivity contribution in [2.75, 3.05) is 40.4 Å². The average Bonchev–Trinajstić information content (AvgIpc) is 3.47. The van der Waals surface area contributed by atoms with Gasteiger partial charge in [-0.15, -0.1) is 0 Å². The highest BCUT2D eigenvalue weighted by Crippen LogP contribution is 2.39. The first kappa shape index (κ1) is 21.2. The van der Waals surface area contributed by atoms with Crippen LogP contribution in [0.4, 0.5) is 0 Å². The summed E-state index contributed by atoms with van der Waals surface area (Å²) in [5.74, 6) is 1.36. The van der Waals surface area contributed by atoms with Crippen molar-refractivity contribution < 1.29 is 14.3 Å². The Balaban J connectivity index is 1.59. The molecule has 1 aromatic heterocycles. The van der Waals surface area contributed by atoms with Crippen LogP contribution in [0.2, 0.25) is 0 Å². The van der Waals surface area contributed by atoms with Gasteiger partial charge in [0.1, 0.15) is 11.5 Å². The standard InChI is InChI=1S/C25H31N3O3/c1-30-18-9-10-20(24(15-18)31-2)21(22-17-27-23-8-4-3-7-19(22)23)16-25(29)26-11-14-28-12-5-6-13-28/h3-4,7-10,15,17,21,27H,5-6,11-14,16H2,1-2H3,(H,26,29)/t21-/m1/s1. The number of nitrogens with one attached hydrogen (secondary N) is 2. The van der Waals surface area contributed by atoms with Crippen LogP contribution in [0.15, 0.2) is 48.7 Å². The number of aromatic amines is 1. The first-order valence-electron chi connectivity index (χ1n) is 11.0. The third kappa shape index (κ3) is 4.85. The number of carbonyl (C=O) groups excluding carboxylic acids is 1. The number of fused-ring (bicyclic) bond motifs is 1. The maximum absolute atomic E-state index is 12.9. The summed E-state index contributed by atoms with van der Waals surface area (Å²) in [4.78, 5) is 18.7. The van der Waals surface area contributed by atoms with E-state index in [9.17, 15) is 4.79 Å². The van der Waals surface area contributed by atoms with Gasteiger partial charge in [0.15, 0.2) is 0 Å². The molecule has 164 valence electrons. The first-order chi connectivity index (χ1) is 15.2. The van der Waals surface area contributed by atoms with E-state index in [1.165, 1.54) is 12.8 Å². The number of para-hydroxylation sites is 1. The van der Waals surface area contributed by atoms with Gasteiger partial charge in [-0.25, -0.2) is 0 Å². The molecule has 6 nitrogen and oxygen atoms in total. The average molecular weight is 422 g/mol. The zero-order valence-corrected chi connectivity index (χ0v) is 18.3. The molecule has 2 aromatic carbocycles. The monoisotopic (exact) mass is 421 g/mol. The summed E-state index contributed by atoms with van der Waals surface area (Å²) in [6, 6.07) is 14.0. The number of rotatable bonds is 9. The quantitative estimate of drug-likeness (QED) is 0.550. The van der Waals surface area contributed by atoms with Crippen LogP contribution in [0.3, 0.4) is 0 Å². The third-order valence-electron chi connectivity index (χ3n) is 6.15. The van der Waals surface area contributed by atoms with Crippen molar-refractivity contribution in [3.8, 4) is 11.5 Å². The molecule has 1 saturated heterocycles. The molecule has 1 aliphatic rings. The molecule has 0 spiro atoms. The Labute approximate surface area is 183 Å². The maximum Gasteiger partial charge on any atom is 0.220 e. The van der Waals surface area contributed by atoms with Crippen molar-refractivity contribution in [3.63, 3.8) is 0 Å². The second-order valence-corrected chi connectivity index (χ2v) is 8.05. The van der Waals surface area contributed by atoms with E-state index >= 15 is 0 Å². The Hall–Kier alpha value is -2.99. The minimum atomic E-state index is -0.135. The molecule has 1 fully saturated rings. The molecule has 0 bridgehead atoms. The number of likely N-dealkylation sites (tertiary alicyclic amines) is 1. The smallest absolute Gasteiger partial charge is 0.220 e. The number of nitrogens with zero attached hydrogens (tertiary/aromatic N) is 1. The largest absolute Gasteiger partial charge is 0.497 e. The highest BCUT2D eigenvalue weighted by molar-refractivity contribution is 5.86. The van der Waals surface area contributed by atoms with E-state index in [2.05, 4.69) is 27.3 Å². The molecule has 0 radical (unpaired) electrons. The normalized spacial score (nSPS) is 15.2. The van der Waals surface area contributed by atoms with Crippen molar-refractivity contribution >= 4 is 16.8 Å². The van der Waals surface area contributed by atoms with Gasteiger partial charge in [0.05, 0.1) is 14.2 Å². The SMILES string of the molecule is COc1ccc([C@@H](CC(=O)NCCN2CCCC2)c2c[nH]c3ccccc23)c(OC)c1. The van der Waals surface area contributed by atoms with Crippen molar-refractivity contribution in [1.82, 2.24) is 15.2 Å². The van der Waals surface area contributed by atoms with Crippen molar-refractivity contribution in [2.24, 2.45) is 0 Å². The van der Waals surface area contributed by atoms with Gasteiger partial charge in [0.2, 0.25) is 5.91 Å². The van der Waals surface area contributed by atoms with Crippen molar-refractivity contribution in [3.05, 3.63) is 59.8 Å². The summed E-state index contributed by atoms with van der Waals surface area (Å²) in [5, 5.41) is 4.24. The predicted molar refractivity (Wildman–Crippen MR) is 123 cm³/mol. The molecular weight excluding hydrogens is 390 g/mol. The fraction of sp³-hybridized carbons (Fsp3) is 0.400. The molecule has 1 atom stereocenters. The zero-order chi connectivity index (χ0) is 21.6. The number of amides is 1. The van der Waals surface area contributed by atoms with Crippen LogP contribution in [-0.2, 0) is 4.79 Å². The fourth-order valence-electron chi connectivity index (χ4n) is 4.49. The van der Waals surface area contributed by atoms with Crippen LogP contribution in [0.1, 0.15) is 36.3 Å². The summed E-state index contributed by atoms with van der Waals surface area (Å²) in [7, 11) is 3.29. The minimum absolute atomic E-state index is 0.0485. The van der Waals surface area contributed by atoms with Gasteiger partial charge in [-0.3, -0.25) is 4.79 Å². The van der Waals surface area contributed by atoms with Crippen LogP contribution in [0.25, 0.3) is 10.9 Å². The molecule has 2 heterocycles. The van der Waals surface area contributed by atoms with Crippen LogP contribution in [0.5, 0.6) is 11.5 Å². The van der Waals surface area contributed by atoms with Gasteiger partial charge in [-0.1, -0.05) is 24.3 Å². The Bertz CT molecular complexity index is 1020. The molecular formula is C25H31N3O3. The number of ether oxygens (including phenoxy) is 2. The first-order valence-corrected chi connectivity index (χ1v) is 11.0. The van der Waals surface area contributed by atoms with Crippen LogP contribution in [0, 0.1) is 0 Å². The second-order valence-electron chi connectivity index (χ2n) is 8.05. The molecule has 4 rings (SSSR count). The lowest BCUT2D eigenvalue weighted by Crippen LogP contribution is -2.34. The molecule has 0 unspecified atom stereocenters. The Morgan fingerprint density at radius 1 is 1.10 bits per heavy atom. The number of benzene rings is 2.